The van der Waals surface area contributed by atoms with Crippen molar-refractivity contribution in [3.63, 3.8) is 0 Å². The summed E-state index contributed by atoms with van der Waals surface area (Å²) >= 11 is 10.7. The summed E-state index contributed by atoms with van der Waals surface area (Å²) in [7, 11) is 0. The number of halogens is 3. The first kappa shape index (κ1) is 12.8. The van der Waals surface area contributed by atoms with Crippen LogP contribution in [0.5, 0.6) is 5.75 Å². The van der Waals surface area contributed by atoms with Crippen molar-refractivity contribution in [2.45, 2.75) is 0 Å². The van der Waals surface area contributed by atoms with E-state index in [0.717, 1.165) is 0 Å². The molecule has 1 N–H and O–H groups in total. The number of phenols is 1. The van der Waals surface area contributed by atoms with Gasteiger partial charge < -0.3 is 5.11 Å². The van der Waals surface area contributed by atoms with Gasteiger partial charge in [0.1, 0.15) is 11.3 Å². The Morgan fingerprint density at radius 1 is 1.32 bits per heavy atom. The average Bonchev–Trinajstić information content (AvgIpc) is 2.82. The van der Waals surface area contributed by atoms with E-state index in [9.17, 15) is 9.50 Å². The van der Waals surface area contributed by atoms with E-state index in [4.69, 9.17) is 11.6 Å². The highest BCUT2D eigenvalue weighted by atomic mass is 79.9. The lowest BCUT2D eigenvalue weighted by atomic mass is 10.0. The molecular weight excluding hydrogens is 353 g/mol. The molecule has 0 aliphatic heterocycles. The Labute approximate surface area is 125 Å². The van der Waals surface area contributed by atoms with Crippen LogP contribution in [0.3, 0.4) is 0 Å². The molecule has 2 nitrogen and oxygen atoms in total. The monoisotopic (exact) mass is 357 g/mol. The third-order valence-corrected chi connectivity index (χ3v) is 4.40. The average molecular weight is 359 g/mol. The predicted octanol–water partition coefficient (Wildman–Crippen LogP) is 5.22. The summed E-state index contributed by atoms with van der Waals surface area (Å²) in [6.07, 6.45) is 0. The molecule has 96 valence electrons. The van der Waals surface area contributed by atoms with Crippen LogP contribution in [0.15, 0.2) is 34.1 Å². The standard InChI is InChI=1S/C13H6BrClFNOS/c14-9-2-1-7(18)4-8(9)11-10(15)3-6-5-19-17-13(6)12(11)16/h1-5,18H. The second kappa shape index (κ2) is 4.74. The van der Waals surface area contributed by atoms with Gasteiger partial charge >= 0.3 is 0 Å². The molecule has 3 aromatic rings. The van der Waals surface area contributed by atoms with Gasteiger partial charge in [0, 0.05) is 26.4 Å². The Morgan fingerprint density at radius 3 is 2.89 bits per heavy atom. The Hall–Kier alpha value is -1.17. The largest absolute Gasteiger partial charge is 0.508 e. The predicted molar refractivity (Wildman–Crippen MR) is 79.4 cm³/mol. The minimum atomic E-state index is -0.477. The Morgan fingerprint density at radius 2 is 2.11 bits per heavy atom. The van der Waals surface area contributed by atoms with Crippen LogP contribution in [0.25, 0.3) is 22.0 Å². The molecule has 0 fully saturated rings. The second-order valence-corrected chi connectivity index (χ2v) is 5.85. The number of fused-ring (bicyclic) bond motifs is 1. The van der Waals surface area contributed by atoms with Crippen LogP contribution in [0.2, 0.25) is 5.02 Å². The summed E-state index contributed by atoms with van der Waals surface area (Å²) in [5.41, 5.74) is 1.03. The van der Waals surface area contributed by atoms with Crippen LogP contribution >= 0.6 is 39.1 Å². The van der Waals surface area contributed by atoms with Gasteiger partial charge in [-0.25, -0.2) is 4.39 Å². The van der Waals surface area contributed by atoms with E-state index in [1.807, 2.05) is 0 Å². The molecule has 19 heavy (non-hydrogen) atoms. The van der Waals surface area contributed by atoms with Gasteiger partial charge in [0.2, 0.25) is 0 Å². The van der Waals surface area contributed by atoms with E-state index in [-0.39, 0.29) is 16.3 Å². The minimum absolute atomic E-state index is 0.0482. The molecule has 0 aliphatic carbocycles. The third-order valence-electron chi connectivity index (χ3n) is 2.76. The van der Waals surface area contributed by atoms with Crippen molar-refractivity contribution < 1.29 is 9.50 Å². The first-order valence-electron chi connectivity index (χ1n) is 5.29. The number of benzene rings is 2. The summed E-state index contributed by atoms with van der Waals surface area (Å²) in [6.45, 7) is 0. The molecule has 1 heterocycles. The molecule has 6 heteroatoms. The van der Waals surface area contributed by atoms with Gasteiger partial charge in [0.25, 0.3) is 0 Å². The molecule has 0 saturated heterocycles. The van der Waals surface area contributed by atoms with Crippen molar-refractivity contribution >= 4 is 50.0 Å². The number of hydrogen-bond donors (Lipinski definition) is 1. The maximum absolute atomic E-state index is 14.5. The number of phenolic OH excluding ortho intramolecular Hbond substituents is 1. The summed E-state index contributed by atoms with van der Waals surface area (Å²) in [4.78, 5) is 0. The fourth-order valence-electron chi connectivity index (χ4n) is 1.90. The van der Waals surface area contributed by atoms with E-state index < -0.39 is 5.82 Å². The van der Waals surface area contributed by atoms with Crippen LogP contribution in [0.1, 0.15) is 0 Å². The van der Waals surface area contributed by atoms with Crippen molar-refractivity contribution in [1.29, 1.82) is 0 Å². The normalized spacial score (nSPS) is 11.1. The molecule has 0 amide bonds. The van der Waals surface area contributed by atoms with E-state index >= 15 is 0 Å². The first-order valence-corrected chi connectivity index (χ1v) is 7.29. The zero-order chi connectivity index (χ0) is 13.6. The van der Waals surface area contributed by atoms with Gasteiger partial charge in [0.15, 0.2) is 5.82 Å². The second-order valence-electron chi connectivity index (χ2n) is 3.96. The lowest BCUT2D eigenvalue weighted by Crippen LogP contribution is -1.89. The van der Waals surface area contributed by atoms with Gasteiger partial charge in [0.05, 0.1) is 5.02 Å². The maximum atomic E-state index is 14.5. The summed E-state index contributed by atoms with van der Waals surface area (Å²) in [6, 6.07) is 6.30. The summed E-state index contributed by atoms with van der Waals surface area (Å²) in [5.74, 6) is -0.429. The summed E-state index contributed by atoms with van der Waals surface area (Å²) < 4.78 is 19.2. The molecular formula is C13H6BrClFNOS. The van der Waals surface area contributed by atoms with Gasteiger partial charge in [-0.3, -0.25) is 0 Å². The van der Waals surface area contributed by atoms with E-state index in [1.54, 1.807) is 17.5 Å². The van der Waals surface area contributed by atoms with Gasteiger partial charge in [-0.05, 0) is 35.8 Å². The molecule has 0 bridgehead atoms. The van der Waals surface area contributed by atoms with Crippen LogP contribution in [-0.4, -0.2) is 9.48 Å². The lowest BCUT2D eigenvalue weighted by molar-refractivity contribution is 0.475. The first-order chi connectivity index (χ1) is 9.08. The lowest BCUT2D eigenvalue weighted by Gasteiger charge is -2.09. The van der Waals surface area contributed by atoms with Crippen molar-refractivity contribution in [2.75, 3.05) is 0 Å². The smallest absolute Gasteiger partial charge is 0.159 e. The topological polar surface area (TPSA) is 33.1 Å². The van der Waals surface area contributed by atoms with E-state index in [2.05, 4.69) is 20.3 Å². The number of rotatable bonds is 1. The Bertz CT molecular complexity index is 790. The SMILES string of the molecule is Oc1ccc(Br)c(-c2c(Cl)cc3csnc3c2F)c1. The van der Waals surface area contributed by atoms with E-state index in [1.165, 1.54) is 23.7 Å². The molecule has 1 aromatic heterocycles. The van der Waals surface area contributed by atoms with Crippen LogP contribution in [0, 0.1) is 5.82 Å². The van der Waals surface area contributed by atoms with Crippen molar-refractivity contribution in [1.82, 2.24) is 4.37 Å². The van der Waals surface area contributed by atoms with Crippen molar-refractivity contribution in [2.24, 2.45) is 0 Å². The number of hydrogen-bond acceptors (Lipinski definition) is 3. The highest BCUT2D eigenvalue weighted by Crippen LogP contribution is 2.40. The maximum Gasteiger partial charge on any atom is 0.159 e. The molecule has 0 spiro atoms. The molecule has 0 saturated carbocycles. The molecule has 2 aromatic carbocycles. The van der Waals surface area contributed by atoms with Crippen LogP contribution in [0.4, 0.5) is 4.39 Å². The molecule has 0 aliphatic rings. The quantitative estimate of drug-likeness (QED) is 0.646. The van der Waals surface area contributed by atoms with Gasteiger partial charge in [-0.2, -0.15) is 4.37 Å². The number of aromatic hydroxyl groups is 1. The van der Waals surface area contributed by atoms with Crippen molar-refractivity contribution in [3.8, 4) is 16.9 Å². The molecule has 0 radical (unpaired) electrons. The van der Waals surface area contributed by atoms with Crippen LogP contribution in [-0.2, 0) is 0 Å². The molecule has 0 atom stereocenters. The highest BCUT2D eigenvalue weighted by molar-refractivity contribution is 9.10. The third kappa shape index (κ3) is 2.12. The van der Waals surface area contributed by atoms with E-state index in [0.29, 0.717) is 20.9 Å². The zero-order valence-electron chi connectivity index (χ0n) is 9.32. The van der Waals surface area contributed by atoms with Crippen molar-refractivity contribution in [3.05, 3.63) is 45.0 Å². The molecule has 0 unspecified atom stereocenters. The fourth-order valence-corrected chi connectivity index (χ4v) is 3.28. The van der Waals surface area contributed by atoms with Crippen LogP contribution < -0.4 is 0 Å². The minimum Gasteiger partial charge on any atom is -0.508 e. The van der Waals surface area contributed by atoms with Gasteiger partial charge in [-0.15, -0.1) is 0 Å². The summed E-state index contributed by atoms with van der Waals surface area (Å²) in [5, 5.41) is 12.3. The number of aromatic nitrogens is 1. The number of nitrogens with zero attached hydrogens (tertiary/aromatic N) is 1. The Balaban J connectivity index is 2.38. The zero-order valence-corrected chi connectivity index (χ0v) is 12.5. The fraction of sp³-hybridized carbons (Fsp3) is 0. The molecule has 3 rings (SSSR count). The highest BCUT2D eigenvalue weighted by Gasteiger charge is 2.18. The van der Waals surface area contributed by atoms with Gasteiger partial charge in [-0.1, -0.05) is 27.5 Å². The Kier molecular flexibility index (Phi) is 3.20.